The van der Waals surface area contributed by atoms with Crippen molar-refractivity contribution in [3.05, 3.63) is 0 Å². The summed E-state index contributed by atoms with van der Waals surface area (Å²) in [4.78, 5) is 0. The molecule has 0 heterocycles. The molecule has 0 atom stereocenters. The Kier molecular flexibility index (Phi) is 14.0. The Labute approximate surface area is 95.9 Å². The van der Waals surface area contributed by atoms with E-state index in [4.69, 9.17) is 9.84 Å². The van der Waals surface area contributed by atoms with Crippen molar-refractivity contribution in [3.63, 3.8) is 0 Å². The Balaban J connectivity index is -0.000000107. The van der Waals surface area contributed by atoms with Gasteiger partial charge in [-0.05, 0) is 12.3 Å². The van der Waals surface area contributed by atoms with Gasteiger partial charge in [0.2, 0.25) is 0 Å². The van der Waals surface area contributed by atoms with E-state index in [0.29, 0.717) is 12.5 Å². The van der Waals surface area contributed by atoms with E-state index in [0.717, 1.165) is 13.0 Å². The molecule has 3 heteroatoms. The van der Waals surface area contributed by atoms with Crippen LogP contribution < -0.4 is 0 Å². The van der Waals surface area contributed by atoms with Crippen molar-refractivity contribution in [1.29, 1.82) is 0 Å². The summed E-state index contributed by atoms with van der Waals surface area (Å²) in [6.07, 6.45) is 1.08. The van der Waals surface area contributed by atoms with E-state index < -0.39 is 0 Å². The fourth-order valence-electron chi connectivity index (χ4n) is 0.486. The fourth-order valence-corrected chi connectivity index (χ4v) is 0.486. The van der Waals surface area contributed by atoms with Crippen molar-refractivity contribution < 1.29 is 12.7 Å². The molecule has 10 heavy (non-hydrogen) atoms. The Bertz CT molecular complexity index is 65.4. The molecule has 0 saturated heterocycles. The average Bonchev–Trinajstić information content (AvgIpc) is 1.80. The molecule has 0 aromatic carbocycles. The summed E-state index contributed by atoms with van der Waals surface area (Å²) in [5.41, 5.74) is 0. The van der Waals surface area contributed by atoms with Gasteiger partial charge in [-0.1, -0.05) is 13.8 Å². The van der Waals surface area contributed by atoms with Crippen LogP contribution in [-0.2, 0) is 4.74 Å². The van der Waals surface area contributed by atoms with Gasteiger partial charge in [0.25, 0.3) is 0 Å². The van der Waals surface area contributed by atoms with Gasteiger partial charge in [-0.15, -0.1) is 0 Å². The third-order valence-corrected chi connectivity index (χ3v) is 1.08. The smallest absolute Gasteiger partial charge is 1.00 e. The third-order valence-electron chi connectivity index (χ3n) is 1.08. The molecule has 0 rings (SSSR count). The largest absolute Gasteiger partial charge is 2.00 e. The molecule has 0 saturated carbocycles. The van der Waals surface area contributed by atoms with Crippen LogP contribution >= 0.6 is 0 Å². The molecule has 0 aliphatic carbocycles. The van der Waals surface area contributed by atoms with Crippen molar-refractivity contribution in [2.75, 3.05) is 19.8 Å². The van der Waals surface area contributed by atoms with E-state index in [1.165, 1.54) is 0 Å². The van der Waals surface area contributed by atoms with Gasteiger partial charge < -0.3 is 12.7 Å². The van der Waals surface area contributed by atoms with Gasteiger partial charge in [-0.3, -0.25) is 0 Å². The average molecular weight is 174 g/mol. The maximum Gasteiger partial charge on any atom is 2.00 e. The van der Waals surface area contributed by atoms with Gasteiger partial charge in [-0.25, -0.2) is 0 Å². The number of aliphatic hydroxyl groups is 1. The second-order valence-corrected chi connectivity index (χ2v) is 2.52. The van der Waals surface area contributed by atoms with E-state index in [9.17, 15) is 0 Å². The van der Waals surface area contributed by atoms with Crippen LogP contribution in [0.5, 0.6) is 0 Å². The van der Waals surface area contributed by atoms with Gasteiger partial charge in [0.05, 0.1) is 13.2 Å². The van der Waals surface area contributed by atoms with Crippen LogP contribution in [0.1, 0.15) is 23.1 Å². The van der Waals surface area contributed by atoms with Crippen LogP contribution in [0, 0.1) is 5.92 Å². The number of ether oxygens (including phenoxy) is 1. The van der Waals surface area contributed by atoms with Crippen LogP contribution in [0.15, 0.2) is 0 Å². The van der Waals surface area contributed by atoms with Crippen molar-refractivity contribution in [2.45, 2.75) is 20.3 Å². The molecule has 0 bridgehead atoms. The summed E-state index contributed by atoms with van der Waals surface area (Å²) in [6, 6.07) is 0. The van der Waals surface area contributed by atoms with Crippen molar-refractivity contribution in [3.8, 4) is 0 Å². The van der Waals surface area contributed by atoms with Gasteiger partial charge >= 0.3 is 37.7 Å². The van der Waals surface area contributed by atoms with Crippen molar-refractivity contribution >= 4 is 37.7 Å². The molecule has 2 nitrogen and oxygen atoms in total. The molecule has 0 fully saturated rings. The van der Waals surface area contributed by atoms with Crippen molar-refractivity contribution in [1.82, 2.24) is 0 Å². The topological polar surface area (TPSA) is 29.5 Å². The Morgan fingerprint density at radius 1 is 1.40 bits per heavy atom. The van der Waals surface area contributed by atoms with Crippen LogP contribution in [-0.4, -0.2) is 62.7 Å². The fraction of sp³-hybridized carbons (Fsp3) is 1.00. The van der Waals surface area contributed by atoms with Crippen LogP contribution in [0.2, 0.25) is 0 Å². The van der Waals surface area contributed by atoms with E-state index in [1.807, 2.05) is 0 Å². The van der Waals surface area contributed by atoms with Gasteiger partial charge in [0.1, 0.15) is 0 Å². The summed E-state index contributed by atoms with van der Waals surface area (Å²) in [7, 11) is 0. The van der Waals surface area contributed by atoms with Gasteiger partial charge in [-0.2, -0.15) is 0 Å². The summed E-state index contributed by atoms with van der Waals surface area (Å²) in [5, 5.41) is 8.31. The number of aliphatic hydroxyl groups excluding tert-OH is 1. The zero-order valence-electron chi connectivity index (χ0n) is 8.97. The first-order valence-electron chi connectivity index (χ1n) is 3.46. The maximum absolute atomic E-state index is 8.31. The first-order valence-corrected chi connectivity index (χ1v) is 3.46. The standard InChI is InChI=1S/C7H16O2.Ca.2H/c1-7(2)3-5-9-6-4-8;;;/h7-8H,3-6H2,1-2H3;;;/q;+2;2*-1. The minimum Gasteiger partial charge on any atom is -1.00 e. The molecule has 0 spiro atoms. The van der Waals surface area contributed by atoms with Crippen LogP contribution in [0.4, 0.5) is 0 Å². The van der Waals surface area contributed by atoms with E-state index in [-0.39, 0.29) is 47.2 Å². The SMILES string of the molecule is CC(C)CCOCCO.[Ca+2].[H-].[H-]. The van der Waals surface area contributed by atoms with E-state index in [2.05, 4.69) is 13.8 Å². The third kappa shape index (κ3) is 11.9. The first-order chi connectivity index (χ1) is 4.27. The second kappa shape index (κ2) is 10.2. The summed E-state index contributed by atoms with van der Waals surface area (Å²) < 4.78 is 5.04. The Morgan fingerprint density at radius 2 is 2.00 bits per heavy atom. The number of rotatable bonds is 5. The summed E-state index contributed by atoms with van der Waals surface area (Å²) in [6.45, 7) is 5.70. The monoisotopic (exact) mass is 174 g/mol. The zero-order valence-corrected chi connectivity index (χ0v) is 9.18. The second-order valence-electron chi connectivity index (χ2n) is 2.52. The van der Waals surface area contributed by atoms with Crippen molar-refractivity contribution in [2.24, 2.45) is 5.92 Å². The Hall–Kier alpha value is 1.18. The van der Waals surface area contributed by atoms with Gasteiger partial charge in [0.15, 0.2) is 0 Å². The van der Waals surface area contributed by atoms with Crippen LogP contribution in [0.3, 0.4) is 0 Å². The predicted octanol–water partition coefficient (Wildman–Crippen LogP) is 0.886. The Morgan fingerprint density at radius 3 is 2.40 bits per heavy atom. The zero-order chi connectivity index (χ0) is 7.11. The summed E-state index contributed by atoms with van der Waals surface area (Å²) >= 11 is 0. The number of hydrogen-bond donors (Lipinski definition) is 1. The predicted molar refractivity (Wildman–Crippen MR) is 45.3 cm³/mol. The maximum atomic E-state index is 8.31. The van der Waals surface area contributed by atoms with E-state index in [1.54, 1.807) is 0 Å². The molecular weight excluding hydrogens is 156 g/mol. The van der Waals surface area contributed by atoms with E-state index >= 15 is 0 Å². The molecule has 0 aliphatic heterocycles. The molecule has 0 amide bonds. The molecule has 0 aromatic heterocycles. The minimum absolute atomic E-state index is 0. The molecule has 60 valence electrons. The van der Waals surface area contributed by atoms with Crippen LogP contribution in [0.25, 0.3) is 0 Å². The molecular formula is C7H18CaO2. The molecule has 0 aromatic rings. The minimum atomic E-state index is 0. The quantitative estimate of drug-likeness (QED) is 0.495. The molecule has 0 unspecified atom stereocenters. The molecule has 0 aliphatic rings. The summed E-state index contributed by atoms with van der Waals surface area (Å²) in [5.74, 6) is 0.698. The first kappa shape index (κ1) is 13.7. The van der Waals surface area contributed by atoms with Gasteiger partial charge in [0, 0.05) is 6.61 Å². The molecule has 1 N–H and O–H groups in total. The molecule has 0 radical (unpaired) electrons. The normalized spacial score (nSPS) is 9.60. The number of hydrogen-bond acceptors (Lipinski definition) is 2.